The minimum Gasteiger partial charge on any atom is -0.456 e. The van der Waals surface area contributed by atoms with Crippen LogP contribution in [0.1, 0.15) is 0 Å². The normalized spacial score (nSPS) is 12.1. The van der Waals surface area contributed by atoms with Crippen LogP contribution in [0.3, 0.4) is 0 Å². The van der Waals surface area contributed by atoms with E-state index < -0.39 is 0 Å². The maximum atomic E-state index is 6.84. The number of thiophene rings is 1. The molecule has 0 amide bonds. The molecule has 14 rings (SSSR count). The zero-order valence-electron chi connectivity index (χ0n) is 33.6. The summed E-state index contributed by atoms with van der Waals surface area (Å²) in [5, 5.41) is 14.1. The quantitative estimate of drug-likeness (QED) is 0.177. The van der Waals surface area contributed by atoms with Crippen LogP contribution in [0.25, 0.3) is 136 Å². The molecule has 10 aromatic carbocycles. The Balaban J connectivity index is 0.994. The second-order valence-corrected chi connectivity index (χ2v) is 17.5. The number of benzene rings is 10. The van der Waals surface area contributed by atoms with Gasteiger partial charge in [-0.25, -0.2) is 15.0 Å². The predicted octanol–water partition coefficient (Wildman–Crippen LogP) is 15.7. The number of hydrogen-bond acceptors (Lipinski definition) is 5. The first-order chi connectivity index (χ1) is 31.2. The van der Waals surface area contributed by atoms with E-state index in [1.807, 2.05) is 18.2 Å². The van der Waals surface area contributed by atoms with Gasteiger partial charge in [-0.3, -0.25) is 0 Å². The minimum absolute atomic E-state index is 0.607. The van der Waals surface area contributed by atoms with Gasteiger partial charge in [-0.2, -0.15) is 0 Å². The summed E-state index contributed by atoms with van der Waals surface area (Å²) in [6, 6.07) is 69.2. The van der Waals surface area contributed by atoms with Crippen LogP contribution in [0.5, 0.6) is 0 Å². The largest absolute Gasteiger partial charge is 0.456 e. The second kappa shape index (κ2) is 13.2. The minimum atomic E-state index is 0.607. The first-order valence-corrected chi connectivity index (χ1v) is 22.0. The molecule has 0 unspecified atom stereocenters. The first kappa shape index (κ1) is 34.5. The van der Waals surface area contributed by atoms with Gasteiger partial charge in [-0.1, -0.05) is 121 Å². The SMILES string of the molecule is c1ccc(-c2nc(-c3ccc4sc5ccccc5c4c3)nc(-c3ccc4oc5cc(-n6c7cc8ccccc8cc7c7cc8ccccc8cc76)c6ccccc6c5c4c3)n2)cc1. The molecule has 0 aliphatic heterocycles. The van der Waals surface area contributed by atoms with Gasteiger partial charge >= 0.3 is 0 Å². The molecule has 0 aliphatic carbocycles. The van der Waals surface area contributed by atoms with Crippen molar-refractivity contribution in [1.29, 1.82) is 0 Å². The van der Waals surface area contributed by atoms with Crippen LogP contribution in [-0.2, 0) is 0 Å². The Morgan fingerprint density at radius 2 is 0.873 bits per heavy atom. The Hall–Kier alpha value is -8.19. The van der Waals surface area contributed by atoms with Crippen molar-refractivity contribution in [2.75, 3.05) is 0 Å². The summed E-state index contributed by atoms with van der Waals surface area (Å²) in [5.41, 5.74) is 7.80. The average molecular weight is 821 g/mol. The lowest BCUT2D eigenvalue weighted by Crippen LogP contribution is -2.00. The van der Waals surface area contributed by atoms with E-state index in [9.17, 15) is 0 Å². The molecule has 4 heterocycles. The molecule has 0 bridgehead atoms. The maximum Gasteiger partial charge on any atom is 0.164 e. The highest BCUT2D eigenvalue weighted by atomic mass is 32.1. The van der Waals surface area contributed by atoms with E-state index in [1.54, 1.807) is 11.3 Å². The van der Waals surface area contributed by atoms with Gasteiger partial charge in [0, 0.05) is 69.9 Å². The monoisotopic (exact) mass is 820 g/mol. The fraction of sp³-hybridized carbons (Fsp3) is 0. The molecule has 0 saturated carbocycles. The van der Waals surface area contributed by atoms with Gasteiger partial charge in [0.25, 0.3) is 0 Å². The van der Waals surface area contributed by atoms with Crippen molar-refractivity contribution in [2.45, 2.75) is 0 Å². The molecule has 0 spiro atoms. The number of nitrogens with zero attached hydrogens (tertiary/aromatic N) is 4. The fourth-order valence-electron chi connectivity index (χ4n) is 9.81. The Labute approximate surface area is 363 Å². The Morgan fingerprint density at radius 1 is 0.349 bits per heavy atom. The van der Waals surface area contributed by atoms with E-state index in [0.717, 1.165) is 66.1 Å². The number of furan rings is 1. The first-order valence-electron chi connectivity index (χ1n) is 21.2. The Bertz CT molecular complexity index is 4130. The number of fused-ring (bicyclic) bond motifs is 13. The molecule has 5 nitrogen and oxygen atoms in total. The van der Waals surface area contributed by atoms with Crippen molar-refractivity contribution in [1.82, 2.24) is 19.5 Å². The highest BCUT2D eigenvalue weighted by Gasteiger charge is 2.21. The van der Waals surface area contributed by atoms with Crippen molar-refractivity contribution >= 4 is 108 Å². The summed E-state index contributed by atoms with van der Waals surface area (Å²) in [7, 11) is 0. The van der Waals surface area contributed by atoms with E-state index in [4.69, 9.17) is 19.4 Å². The third-order valence-corrected chi connectivity index (χ3v) is 13.9. The number of aromatic nitrogens is 4. The summed E-state index contributed by atoms with van der Waals surface area (Å²) in [6.07, 6.45) is 0. The molecule has 0 saturated heterocycles. The number of rotatable bonds is 4. The van der Waals surface area contributed by atoms with E-state index >= 15 is 0 Å². The number of hydrogen-bond donors (Lipinski definition) is 0. The van der Waals surface area contributed by atoms with Gasteiger partial charge in [0.2, 0.25) is 0 Å². The van der Waals surface area contributed by atoms with Gasteiger partial charge in [-0.15, -0.1) is 11.3 Å². The van der Waals surface area contributed by atoms with Crippen molar-refractivity contribution < 1.29 is 4.42 Å². The molecular weight excluding hydrogens is 789 g/mol. The highest BCUT2D eigenvalue weighted by molar-refractivity contribution is 7.25. The van der Waals surface area contributed by atoms with Gasteiger partial charge in [0.1, 0.15) is 11.2 Å². The topological polar surface area (TPSA) is 56.7 Å². The molecule has 0 radical (unpaired) electrons. The molecule has 0 fully saturated rings. The van der Waals surface area contributed by atoms with Crippen LogP contribution in [0.2, 0.25) is 0 Å². The van der Waals surface area contributed by atoms with Gasteiger partial charge in [-0.05, 0) is 93.7 Å². The van der Waals surface area contributed by atoms with Gasteiger partial charge < -0.3 is 8.98 Å². The lowest BCUT2D eigenvalue weighted by molar-refractivity contribution is 0.669. The van der Waals surface area contributed by atoms with Crippen LogP contribution in [-0.4, -0.2) is 19.5 Å². The molecule has 0 atom stereocenters. The molecule has 0 N–H and O–H groups in total. The smallest absolute Gasteiger partial charge is 0.164 e. The zero-order chi connectivity index (χ0) is 41.2. The fourth-order valence-corrected chi connectivity index (χ4v) is 10.9. The molecule has 4 aromatic heterocycles. The maximum absolute atomic E-state index is 6.84. The second-order valence-electron chi connectivity index (χ2n) is 16.4. The van der Waals surface area contributed by atoms with Crippen molar-refractivity contribution in [3.8, 4) is 39.9 Å². The molecule has 292 valence electrons. The average Bonchev–Trinajstić information content (AvgIpc) is 4.00. The van der Waals surface area contributed by atoms with E-state index in [-0.39, 0.29) is 0 Å². The summed E-state index contributed by atoms with van der Waals surface area (Å²) in [4.78, 5) is 15.4. The molecule has 0 aliphatic rings. The zero-order valence-corrected chi connectivity index (χ0v) is 34.4. The lowest BCUT2D eigenvalue weighted by Gasteiger charge is -2.13. The van der Waals surface area contributed by atoms with Gasteiger partial charge in [0.15, 0.2) is 17.5 Å². The molecule has 14 aromatic rings. The summed E-state index contributed by atoms with van der Waals surface area (Å²) >= 11 is 1.81. The highest BCUT2D eigenvalue weighted by Crippen LogP contribution is 2.44. The Kier molecular flexibility index (Phi) is 7.21. The van der Waals surface area contributed by atoms with Crippen LogP contribution >= 0.6 is 11.3 Å². The molecular formula is C57H32N4OS. The summed E-state index contributed by atoms with van der Waals surface area (Å²) in [5.74, 6) is 1.87. The van der Waals surface area contributed by atoms with Crippen molar-refractivity contribution in [3.63, 3.8) is 0 Å². The van der Waals surface area contributed by atoms with Crippen LogP contribution < -0.4 is 0 Å². The van der Waals surface area contributed by atoms with Crippen LogP contribution in [0.4, 0.5) is 0 Å². The van der Waals surface area contributed by atoms with Crippen molar-refractivity contribution in [2.24, 2.45) is 0 Å². The van der Waals surface area contributed by atoms with E-state index in [1.165, 1.54) is 52.5 Å². The van der Waals surface area contributed by atoms with Gasteiger partial charge in [0.05, 0.1) is 16.7 Å². The summed E-state index contributed by atoms with van der Waals surface area (Å²) < 4.78 is 11.8. The van der Waals surface area contributed by atoms with E-state index in [0.29, 0.717) is 17.5 Å². The summed E-state index contributed by atoms with van der Waals surface area (Å²) in [6.45, 7) is 0. The standard InChI is InChI=1S/C57H32N4OS/c1-2-12-33(13-3-1)55-58-56(60-57(59-55)39-23-25-53-45(28-39)41-19-10-11-21-52(41)63-53)38-22-24-50-46(29-38)54-42-20-9-8-18-40(42)49(32-51(54)62-50)61-47-30-36-16-6-4-14-34(36)26-43(47)44-27-35-15-5-7-17-37(35)31-48(44)61/h1-32H. The van der Waals surface area contributed by atoms with Crippen molar-refractivity contribution in [3.05, 3.63) is 194 Å². The van der Waals surface area contributed by atoms with E-state index in [2.05, 4.69) is 180 Å². The third-order valence-electron chi connectivity index (χ3n) is 12.8. The van der Waals surface area contributed by atoms with Crippen LogP contribution in [0.15, 0.2) is 199 Å². The Morgan fingerprint density at radius 3 is 1.56 bits per heavy atom. The van der Waals surface area contributed by atoms with Crippen LogP contribution in [0, 0.1) is 0 Å². The predicted molar refractivity (Wildman–Crippen MR) is 263 cm³/mol. The lowest BCUT2D eigenvalue weighted by atomic mass is 10.0. The molecule has 6 heteroatoms. The third kappa shape index (κ3) is 5.25. The molecule has 63 heavy (non-hydrogen) atoms.